The second kappa shape index (κ2) is 5.17. The lowest BCUT2D eigenvalue weighted by Gasteiger charge is -2.09. The molecule has 0 radical (unpaired) electrons. The van der Waals surface area contributed by atoms with Crippen molar-refractivity contribution < 1.29 is 18.3 Å². The number of nitrogens with zero attached hydrogens (tertiary/aromatic N) is 1. The minimum absolute atomic E-state index is 0.00446. The number of hydrogen-bond donors (Lipinski definition) is 2. The number of aromatic hydroxyl groups is 1. The summed E-state index contributed by atoms with van der Waals surface area (Å²) in [6.45, 7) is 1.73. The molecule has 2 rings (SSSR count). The van der Waals surface area contributed by atoms with Crippen molar-refractivity contribution in [1.29, 1.82) is 0 Å². The van der Waals surface area contributed by atoms with Crippen molar-refractivity contribution in [2.24, 2.45) is 0 Å². The molecule has 1 aromatic carbocycles. The maximum atomic E-state index is 13.4. The Hall–Kier alpha value is -2.24. The summed E-state index contributed by atoms with van der Waals surface area (Å²) >= 11 is 0. The molecule has 19 heavy (non-hydrogen) atoms. The van der Waals surface area contributed by atoms with Crippen LogP contribution in [0.1, 0.15) is 11.4 Å². The van der Waals surface area contributed by atoms with Gasteiger partial charge in [-0.15, -0.1) is 0 Å². The van der Waals surface area contributed by atoms with Crippen molar-refractivity contribution in [3.63, 3.8) is 0 Å². The molecule has 3 nitrogen and oxygen atoms in total. The molecule has 0 aliphatic rings. The van der Waals surface area contributed by atoms with Gasteiger partial charge in [0.05, 0.1) is 12.2 Å². The van der Waals surface area contributed by atoms with E-state index in [1.165, 1.54) is 6.07 Å². The van der Waals surface area contributed by atoms with Crippen LogP contribution in [0.4, 0.5) is 18.9 Å². The molecule has 0 aliphatic heterocycles. The standard InChI is InChI=1S/C13H11F3N2O/c1-7-2-5-11(19)10(18-7)6-17-9-4-3-8(14)12(15)13(9)16/h2-5,17,19H,6H2,1H3. The van der Waals surface area contributed by atoms with Gasteiger partial charge in [0.1, 0.15) is 11.4 Å². The van der Waals surface area contributed by atoms with Gasteiger partial charge in [-0.1, -0.05) is 0 Å². The first kappa shape index (κ1) is 13.2. The van der Waals surface area contributed by atoms with Crippen molar-refractivity contribution in [1.82, 2.24) is 4.98 Å². The lowest BCUT2D eigenvalue weighted by atomic mass is 10.2. The van der Waals surface area contributed by atoms with E-state index in [0.29, 0.717) is 11.4 Å². The van der Waals surface area contributed by atoms with Crippen molar-refractivity contribution in [3.05, 3.63) is 53.1 Å². The van der Waals surface area contributed by atoms with E-state index >= 15 is 0 Å². The smallest absolute Gasteiger partial charge is 0.196 e. The Bertz CT molecular complexity index is 617. The molecule has 0 spiro atoms. The third kappa shape index (κ3) is 2.78. The van der Waals surface area contributed by atoms with Gasteiger partial charge in [0.15, 0.2) is 17.5 Å². The average Bonchev–Trinajstić information content (AvgIpc) is 2.39. The fraction of sp³-hybridized carbons (Fsp3) is 0.154. The predicted octanol–water partition coefficient (Wildman–Crippen LogP) is 3.13. The highest BCUT2D eigenvalue weighted by Crippen LogP contribution is 2.21. The lowest BCUT2D eigenvalue weighted by molar-refractivity contribution is 0.448. The quantitative estimate of drug-likeness (QED) is 0.841. The molecule has 0 unspecified atom stereocenters. The number of pyridine rings is 1. The molecule has 2 aromatic rings. The van der Waals surface area contributed by atoms with Gasteiger partial charge in [0, 0.05) is 5.69 Å². The Kier molecular flexibility index (Phi) is 3.59. The summed E-state index contributed by atoms with van der Waals surface area (Å²) in [5, 5.41) is 12.1. The molecule has 0 saturated carbocycles. The van der Waals surface area contributed by atoms with Crippen LogP contribution in [-0.4, -0.2) is 10.1 Å². The third-order valence-electron chi connectivity index (χ3n) is 2.57. The summed E-state index contributed by atoms with van der Waals surface area (Å²) in [5.74, 6) is -4.14. The summed E-state index contributed by atoms with van der Waals surface area (Å²) < 4.78 is 39.1. The van der Waals surface area contributed by atoms with E-state index in [9.17, 15) is 18.3 Å². The Labute approximate surface area is 107 Å². The number of benzene rings is 1. The molecule has 2 N–H and O–H groups in total. The number of rotatable bonds is 3. The summed E-state index contributed by atoms with van der Waals surface area (Å²) in [4.78, 5) is 4.05. The van der Waals surface area contributed by atoms with Crippen LogP contribution in [0.15, 0.2) is 24.3 Å². The van der Waals surface area contributed by atoms with E-state index in [-0.39, 0.29) is 18.0 Å². The van der Waals surface area contributed by atoms with Crippen molar-refractivity contribution >= 4 is 5.69 Å². The molecule has 0 bridgehead atoms. The summed E-state index contributed by atoms with van der Waals surface area (Å²) in [6, 6.07) is 4.99. The van der Waals surface area contributed by atoms with Crippen LogP contribution in [0, 0.1) is 24.4 Å². The zero-order chi connectivity index (χ0) is 14.0. The van der Waals surface area contributed by atoms with Gasteiger partial charge in [0.2, 0.25) is 0 Å². The van der Waals surface area contributed by atoms with E-state index in [4.69, 9.17) is 0 Å². The fourth-order valence-corrected chi connectivity index (χ4v) is 1.57. The molecular weight excluding hydrogens is 257 g/mol. The second-order valence-electron chi connectivity index (χ2n) is 3.99. The maximum Gasteiger partial charge on any atom is 0.196 e. The molecule has 0 saturated heterocycles. The highest BCUT2D eigenvalue weighted by Gasteiger charge is 2.13. The van der Waals surface area contributed by atoms with E-state index in [2.05, 4.69) is 10.3 Å². The number of aryl methyl sites for hydroxylation is 1. The number of aromatic nitrogens is 1. The first-order valence-corrected chi connectivity index (χ1v) is 5.52. The zero-order valence-corrected chi connectivity index (χ0v) is 10.0. The molecule has 0 fully saturated rings. The van der Waals surface area contributed by atoms with Crippen molar-refractivity contribution in [2.45, 2.75) is 13.5 Å². The summed E-state index contributed by atoms with van der Waals surface area (Å²) in [6.07, 6.45) is 0. The molecule has 0 aliphatic carbocycles. The van der Waals surface area contributed by atoms with Crippen LogP contribution in [0.2, 0.25) is 0 Å². The Morgan fingerprint density at radius 1 is 1.11 bits per heavy atom. The highest BCUT2D eigenvalue weighted by atomic mass is 19.2. The van der Waals surface area contributed by atoms with E-state index in [1.807, 2.05) is 0 Å². The van der Waals surface area contributed by atoms with Gasteiger partial charge in [-0.05, 0) is 31.2 Å². The SMILES string of the molecule is Cc1ccc(O)c(CNc2ccc(F)c(F)c2F)n1. The zero-order valence-electron chi connectivity index (χ0n) is 10.0. The van der Waals surface area contributed by atoms with Gasteiger partial charge in [-0.2, -0.15) is 0 Å². The van der Waals surface area contributed by atoms with Crippen LogP contribution in [0.5, 0.6) is 5.75 Å². The van der Waals surface area contributed by atoms with E-state index in [0.717, 1.165) is 12.1 Å². The predicted molar refractivity (Wildman–Crippen MR) is 64.3 cm³/mol. The van der Waals surface area contributed by atoms with Crippen LogP contribution in [-0.2, 0) is 6.54 Å². The van der Waals surface area contributed by atoms with E-state index in [1.54, 1.807) is 13.0 Å². The summed E-state index contributed by atoms with van der Waals surface area (Å²) in [5.41, 5.74) is 0.783. The van der Waals surface area contributed by atoms with Crippen molar-refractivity contribution in [3.8, 4) is 5.75 Å². The number of halogens is 3. The minimum atomic E-state index is -1.54. The Balaban J connectivity index is 2.19. The van der Waals surface area contributed by atoms with Gasteiger partial charge in [-0.3, -0.25) is 4.98 Å². The molecule has 0 amide bonds. The van der Waals surface area contributed by atoms with Crippen LogP contribution < -0.4 is 5.32 Å². The van der Waals surface area contributed by atoms with Crippen LogP contribution in [0.3, 0.4) is 0 Å². The number of hydrogen-bond acceptors (Lipinski definition) is 3. The fourth-order valence-electron chi connectivity index (χ4n) is 1.57. The van der Waals surface area contributed by atoms with Crippen molar-refractivity contribution in [2.75, 3.05) is 5.32 Å². The highest BCUT2D eigenvalue weighted by molar-refractivity contribution is 5.46. The molecule has 6 heteroatoms. The van der Waals surface area contributed by atoms with Gasteiger partial charge >= 0.3 is 0 Å². The molecule has 0 atom stereocenters. The van der Waals surface area contributed by atoms with Gasteiger partial charge in [-0.25, -0.2) is 13.2 Å². The molecule has 1 heterocycles. The van der Waals surface area contributed by atoms with Crippen LogP contribution >= 0.6 is 0 Å². The van der Waals surface area contributed by atoms with E-state index < -0.39 is 17.5 Å². The first-order chi connectivity index (χ1) is 8.99. The molecular formula is C13H11F3N2O. The Morgan fingerprint density at radius 3 is 2.58 bits per heavy atom. The maximum absolute atomic E-state index is 13.4. The largest absolute Gasteiger partial charge is 0.506 e. The molecule has 100 valence electrons. The monoisotopic (exact) mass is 268 g/mol. The topological polar surface area (TPSA) is 45.1 Å². The number of nitrogens with one attached hydrogen (secondary N) is 1. The van der Waals surface area contributed by atoms with Gasteiger partial charge in [0.25, 0.3) is 0 Å². The second-order valence-corrected chi connectivity index (χ2v) is 3.99. The number of anilines is 1. The normalized spacial score (nSPS) is 10.5. The van der Waals surface area contributed by atoms with Crippen LogP contribution in [0.25, 0.3) is 0 Å². The molecule has 1 aromatic heterocycles. The van der Waals surface area contributed by atoms with Gasteiger partial charge < -0.3 is 10.4 Å². The minimum Gasteiger partial charge on any atom is -0.506 e. The first-order valence-electron chi connectivity index (χ1n) is 5.52. The third-order valence-corrected chi connectivity index (χ3v) is 2.57. The Morgan fingerprint density at radius 2 is 1.84 bits per heavy atom. The summed E-state index contributed by atoms with van der Waals surface area (Å²) in [7, 11) is 0. The lowest BCUT2D eigenvalue weighted by Crippen LogP contribution is -2.06. The average molecular weight is 268 g/mol.